The van der Waals surface area contributed by atoms with Crippen LogP contribution in [0.4, 0.5) is 4.39 Å². The molecule has 0 unspecified atom stereocenters. The lowest BCUT2D eigenvalue weighted by atomic mass is 9.38. The fraction of sp³-hybridized carbons (Fsp3) is 0.364. The first-order valence-electron chi connectivity index (χ1n) is 9.58. The Morgan fingerprint density at radius 3 is 2.60 bits per heavy atom. The lowest BCUT2D eigenvalue weighted by Gasteiger charge is -2.70. The summed E-state index contributed by atoms with van der Waals surface area (Å²) in [7, 11) is 0. The zero-order valence-electron chi connectivity index (χ0n) is 16.3. The topological polar surface area (TPSA) is 85.4 Å². The van der Waals surface area contributed by atoms with Crippen LogP contribution in [0.25, 0.3) is 0 Å². The molecule has 6 nitrogen and oxygen atoms in total. The Morgan fingerprint density at radius 1 is 1.20 bits per heavy atom. The summed E-state index contributed by atoms with van der Waals surface area (Å²) in [5.41, 5.74) is 0.392. The fourth-order valence-electron chi connectivity index (χ4n) is 4.60. The molecule has 0 spiro atoms. The van der Waals surface area contributed by atoms with E-state index in [0.29, 0.717) is 12.0 Å². The molecule has 156 valence electrons. The van der Waals surface area contributed by atoms with Crippen LogP contribution in [-0.2, 0) is 4.79 Å². The molecule has 8 heteroatoms. The second-order valence-electron chi connectivity index (χ2n) is 8.31. The van der Waals surface area contributed by atoms with Crippen LogP contribution in [-0.4, -0.2) is 34.6 Å². The van der Waals surface area contributed by atoms with Gasteiger partial charge in [-0.25, -0.2) is 4.39 Å². The first kappa shape index (κ1) is 20.5. The van der Waals surface area contributed by atoms with Crippen LogP contribution in [0.15, 0.2) is 36.5 Å². The highest BCUT2D eigenvalue weighted by Gasteiger charge is 2.68. The first-order valence-corrected chi connectivity index (χ1v) is 9.96. The molecule has 0 aliphatic heterocycles. The third-order valence-electron chi connectivity index (χ3n) is 5.78. The highest BCUT2D eigenvalue weighted by atomic mass is 35.5. The third kappa shape index (κ3) is 3.94. The highest BCUT2D eigenvalue weighted by molar-refractivity contribution is 6.30. The average molecular weight is 431 g/mol. The molecule has 2 bridgehead atoms. The number of rotatable bonds is 8. The molecule has 2 aromatic rings. The predicted octanol–water partition coefficient (Wildman–Crippen LogP) is 3.77. The van der Waals surface area contributed by atoms with Crippen molar-refractivity contribution >= 4 is 29.1 Å². The zero-order valence-corrected chi connectivity index (χ0v) is 17.1. The molecule has 5 rings (SSSR count). The third-order valence-corrected chi connectivity index (χ3v) is 6.09. The Balaban J connectivity index is 1.26. The van der Waals surface area contributed by atoms with Crippen molar-refractivity contribution in [2.45, 2.75) is 38.1 Å². The summed E-state index contributed by atoms with van der Waals surface area (Å²) in [5, 5.41) is 2.96. The molecular formula is C22H20ClFN2O4. The van der Waals surface area contributed by atoms with Crippen LogP contribution in [0.3, 0.4) is 0 Å². The van der Waals surface area contributed by atoms with Crippen molar-refractivity contribution in [2.24, 2.45) is 5.41 Å². The number of hydrogen-bond acceptors (Lipinski definition) is 5. The quantitative estimate of drug-likeness (QED) is 0.644. The second-order valence-corrected chi connectivity index (χ2v) is 8.72. The maximum Gasteiger partial charge on any atom is 0.258 e. The van der Waals surface area contributed by atoms with E-state index >= 15 is 0 Å². The van der Waals surface area contributed by atoms with Gasteiger partial charge < -0.3 is 10.1 Å². The van der Waals surface area contributed by atoms with E-state index in [1.807, 2.05) is 0 Å². The van der Waals surface area contributed by atoms with Crippen molar-refractivity contribution in [3.63, 3.8) is 0 Å². The summed E-state index contributed by atoms with van der Waals surface area (Å²) in [4.78, 5) is 40.2. The number of ether oxygens (including phenoxy) is 1. The van der Waals surface area contributed by atoms with Crippen molar-refractivity contribution in [3.8, 4) is 5.75 Å². The molecule has 3 aliphatic rings. The first-order chi connectivity index (χ1) is 14.2. The summed E-state index contributed by atoms with van der Waals surface area (Å²) < 4.78 is 18.7. The van der Waals surface area contributed by atoms with Gasteiger partial charge in [-0.3, -0.25) is 19.4 Å². The number of benzene rings is 1. The molecule has 1 N–H and O–H groups in total. The van der Waals surface area contributed by atoms with Crippen LogP contribution in [0.1, 0.15) is 53.5 Å². The predicted molar refractivity (Wildman–Crippen MR) is 107 cm³/mol. The molecule has 30 heavy (non-hydrogen) atoms. The lowest BCUT2D eigenvalue weighted by molar-refractivity contribution is -0.164. The Morgan fingerprint density at radius 2 is 1.93 bits per heavy atom. The van der Waals surface area contributed by atoms with Gasteiger partial charge >= 0.3 is 0 Å². The highest BCUT2D eigenvalue weighted by Crippen LogP contribution is 2.69. The summed E-state index contributed by atoms with van der Waals surface area (Å²) >= 11 is 5.62. The number of carbonyl (C=O) groups is 3. The van der Waals surface area contributed by atoms with Gasteiger partial charge in [0, 0.05) is 36.7 Å². The number of nitrogens with zero attached hydrogens (tertiary/aromatic N) is 1. The number of halogens is 2. The van der Waals surface area contributed by atoms with Gasteiger partial charge in [-0.2, -0.15) is 0 Å². The number of aromatic nitrogens is 1. The van der Waals surface area contributed by atoms with Crippen LogP contribution in [0.2, 0.25) is 5.02 Å². The summed E-state index contributed by atoms with van der Waals surface area (Å²) in [6, 6.07) is 7.15. The van der Waals surface area contributed by atoms with Crippen LogP contribution in [0.5, 0.6) is 5.75 Å². The number of Topliss-reactive ketones (excluding diaryl/α,β-unsaturated/α-hetero) is 2. The van der Waals surface area contributed by atoms with Gasteiger partial charge in [0.2, 0.25) is 0 Å². The van der Waals surface area contributed by atoms with Crippen molar-refractivity contribution < 1.29 is 23.5 Å². The van der Waals surface area contributed by atoms with Gasteiger partial charge in [-0.1, -0.05) is 11.6 Å². The van der Waals surface area contributed by atoms with Gasteiger partial charge in [-0.05, 0) is 48.9 Å². The second kappa shape index (κ2) is 7.47. The normalized spacial score (nSPS) is 23.7. The molecule has 3 saturated carbocycles. The van der Waals surface area contributed by atoms with E-state index in [1.54, 1.807) is 6.07 Å². The van der Waals surface area contributed by atoms with Crippen molar-refractivity contribution in [1.29, 1.82) is 0 Å². The maximum atomic E-state index is 13.4. The number of pyridine rings is 1. The number of ketones is 2. The van der Waals surface area contributed by atoms with Gasteiger partial charge in [0.1, 0.15) is 17.3 Å². The minimum atomic E-state index is -0.606. The Hall–Kier alpha value is -2.80. The molecule has 3 fully saturated rings. The SMILES string of the molecule is CC(=O)c1cc(C(=O)CC23CC(NC(=O)COc4ccc(Cl)c(F)c4)(C2)C3)ccn1. The van der Waals surface area contributed by atoms with E-state index < -0.39 is 5.82 Å². The largest absolute Gasteiger partial charge is 0.484 e. The number of carbonyl (C=O) groups excluding carboxylic acids is 3. The molecule has 1 amide bonds. The maximum absolute atomic E-state index is 13.4. The van der Waals surface area contributed by atoms with E-state index in [4.69, 9.17) is 16.3 Å². The Bertz CT molecular complexity index is 1040. The smallest absolute Gasteiger partial charge is 0.258 e. The van der Waals surface area contributed by atoms with Crippen LogP contribution in [0, 0.1) is 11.2 Å². The molecule has 1 heterocycles. The number of amides is 1. The monoisotopic (exact) mass is 430 g/mol. The zero-order chi connectivity index (χ0) is 21.5. The lowest BCUT2D eigenvalue weighted by Crippen LogP contribution is -2.75. The van der Waals surface area contributed by atoms with Crippen LogP contribution < -0.4 is 10.1 Å². The van der Waals surface area contributed by atoms with Gasteiger partial charge in [-0.15, -0.1) is 0 Å². The van der Waals surface area contributed by atoms with Gasteiger partial charge in [0.25, 0.3) is 5.91 Å². The van der Waals surface area contributed by atoms with Crippen molar-refractivity contribution in [2.75, 3.05) is 6.61 Å². The van der Waals surface area contributed by atoms with E-state index in [9.17, 15) is 18.8 Å². The van der Waals surface area contributed by atoms with Gasteiger partial charge in [0.15, 0.2) is 18.2 Å². The molecule has 0 atom stereocenters. The minimum absolute atomic E-state index is 0.00945. The Kier molecular flexibility index (Phi) is 5.10. The minimum Gasteiger partial charge on any atom is -0.484 e. The van der Waals surface area contributed by atoms with E-state index in [1.165, 1.54) is 31.3 Å². The van der Waals surface area contributed by atoms with E-state index in [0.717, 1.165) is 25.3 Å². The summed E-state index contributed by atoms with van der Waals surface area (Å²) in [6.07, 6.45) is 4.06. The Labute approximate surface area is 177 Å². The van der Waals surface area contributed by atoms with Crippen molar-refractivity contribution in [3.05, 3.63) is 58.6 Å². The van der Waals surface area contributed by atoms with Crippen molar-refractivity contribution in [1.82, 2.24) is 10.3 Å². The molecule has 1 aromatic carbocycles. The van der Waals surface area contributed by atoms with Crippen LogP contribution >= 0.6 is 11.6 Å². The number of hydrogen-bond donors (Lipinski definition) is 1. The molecule has 3 aliphatic carbocycles. The molecule has 0 radical (unpaired) electrons. The van der Waals surface area contributed by atoms with E-state index in [2.05, 4.69) is 10.3 Å². The average Bonchev–Trinajstić information content (AvgIpc) is 2.66. The van der Waals surface area contributed by atoms with E-state index in [-0.39, 0.29) is 51.5 Å². The fourth-order valence-corrected chi connectivity index (χ4v) is 4.72. The van der Waals surface area contributed by atoms with Gasteiger partial charge in [0.05, 0.1) is 5.02 Å². The summed E-state index contributed by atoms with van der Waals surface area (Å²) in [6.45, 7) is 1.19. The molecule has 1 aromatic heterocycles. The number of nitrogens with one attached hydrogen (secondary N) is 1. The summed E-state index contributed by atoms with van der Waals surface area (Å²) in [5.74, 6) is -0.863. The molecule has 0 saturated heterocycles. The molecular weight excluding hydrogens is 411 g/mol. The standard InChI is InChI=1S/C22H20ClFN2O4/c1-13(27)18-6-14(4-5-25-18)19(28)8-21-10-22(11-21,12-21)26-20(29)9-30-15-2-3-16(23)17(24)7-15/h2-7H,8-12H2,1H3,(H,26,29).